The lowest BCUT2D eigenvalue weighted by atomic mass is 10.2. The lowest BCUT2D eigenvalue weighted by Crippen LogP contribution is -2.49. The van der Waals surface area contributed by atoms with Crippen LogP contribution in [0.3, 0.4) is 0 Å². The van der Waals surface area contributed by atoms with E-state index in [4.69, 9.17) is 4.74 Å². The van der Waals surface area contributed by atoms with Gasteiger partial charge >= 0.3 is 12.1 Å². The first-order valence-corrected chi connectivity index (χ1v) is 8.35. The minimum atomic E-state index is -1.07. The number of aromatic nitrogens is 2. The first-order valence-electron chi connectivity index (χ1n) is 8.35. The molecule has 1 heterocycles. The molecule has 2 rings (SSSR count). The molecule has 2 aromatic rings. The predicted molar refractivity (Wildman–Crippen MR) is 94.4 cm³/mol. The summed E-state index contributed by atoms with van der Waals surface area (Å²) < 4.78 is 7.14. The number of fused-ring (bicyclic) bond motifs is 1. The predicted octanol–water partition coefficient (Wildman–Crippen LogP) is 3.14. The fourth-order valence-corrected chi connectivity index (χ4v) is 2.59. The minimum absolute atomic E-state index is 0.106. The molecule has 1 aromatic heterocycles. The lowest BCUT2D eigenvalue weighted by Gasteiger charge is -2.31. The second kappa shape index (κ2) is 7.55. The fraction of sp³-hybridized carbons (Fsp3) is 0.500. The molecule has 1 atom stereocenters. The second-order valence-corrected chi connectivity index (χ2v) is 6.91. The Labute approximate surface area is 147 Å². The maximum Gasteiger partial charge on any atom is 0.411 e. The summed E-state index contributed by atoms with van der Waals surface area (Å²) in [4.78, 5) is 29.9. The van der Waals surface area contributed by atoms with Crippen molar-refractivity contribution in [1.29, 1.82) is 0 Å². The van der Waals surface area contributed by atoms with Crippen LogP contribution in [-0.4, -0.2) is 49.8 Å². The third-order valence-electron chi connectivity index (χ3n) is 3.65. The van der Waals surface area contributed by atoms with Crippen LogP contribution in [0.2, 0.25) is 0 Å². The number of carboxylic acids is 1. The van der Waals surface area contributed by atoms with Gasteiger partial charge in [-0.1, -0.05) is 19.1 Å². The van der Waals surface area contributed by atoms with E-state index in [0.29, 0.717) is 13.0 Å². The van der Waals surface area contributed by atoms with E-state index in [1.54, 1.807) is 31.7 Å². The van der Waals surface area contributed by atoms with Gasteiger partial charge in [0.15, 0.2) is 6.04 Å². The van der Waals surface area contributed by atoms with Crippen molar-refractivity contribution in [3.8, 4) is 0 Å². The van der Waals surface area contributed by atoms with E-state index >= 15 is 0 Å². The average Bonchev–Trinajstić information content (AvgIpc) is 2.92. The minimum Gasteiger partial charge on any atom is -0.480 e. The number of carbonyl (C=O) groups is 2. The zero-order valence-corrected chi connectivity index (χ0v) is 15.1. The van der Waals surface area contributed by atoms with Crippen molar-refractivity contribution >= 4 is 23.1 Å². The molecule has 0 aliphatic heterocycles. The summed E-state index contributed by atoms with van der Waals surface area (Å²) in [7, 11) is 0. The van der Waals surface area contributed by atoms with Gasteiger partial charge in [-0.25, -0.2) is 14.6 Å². The smallest absolute Gasteiger partial charge is 0.411 e. The molecule has 1 unspecified atom stereocenters. The van der Waals surface area contributed by atoms with Gasteiger partial charge in [0.25, 0.3) is 0 Å². The average molecular weight is 347 g/mol. The quantitative estimate of drug-likeness (QED) is 0.868. The van der Waals surface area contributed by atoms with Crippen LogP contribution < -0.4 is 0 Å². The molecule has 0 spiro atoms. The number of imidazole rings is 1. The van der Waals surface area contributed by atoms with Gasteiger partial charge in [0.2, 0.25) is 0 Å². The van der Waals surface area contributed by atoms with Crippen molar-refractivity contribution in [3.05, 3.63) is 30.6 Å². The molecule has 1 aromatic carbocycles. The number of para-hydroxylation sites is 2. The van der Waals surface area contributed by atoms with Crippen LogP contribution in [0.1, 0.15) is 34.1 Å². The number of nitrogens with zero attached hydrogens (tertiary/aromatic N) is 3. The van der Waals surface area contributed by atoms with Crippen LogP contribution in [0, 0.1) is 0 Å². The molecule has 0 aliphatic rings. The van der Waals surface area contributed by atoms with E-state index in [1.807, 2.05) is 31.2 Å². The molecular weight excluding hydrogens is 322 g/mol. The molecule has 7 heteroatoms. The van der Waals surface area contributed by atoms with E-state index in [-0.39, 0.29) is 6.54 Å². The molecule has 25 heavy (non-hydrogen) atoms. The number of ether oxygens (including phenoxy) is 1. The van der Waals surface area contributed by atoms with Crippen molar-refractivity contribution in [2.24, 2.45) is 0 Å². The van der Waals surface area contributed by atoms with Crippen molar-refractivity contribution < 1.29 is 19.4 Å². The normalized spacial score (nSPS) is 12.8. The summed E-state index contributed by atoms with van der Waals surface area (Å²) in [5.74, 6) is -1.07. The summed E-state index contributed by atoms with van der Waals surface area (Å²) in [6.07, 6.45) is 1.61. The van der Waals surface area contributed by atoms with Gasteiger partial charge in [-0.05, 0) is 39.3 Å². The summed E-state index contributed by atoms with van der Waals surface area (Å²) >= 11 is 0. The van der Waals surface area contributed by atoms with Gasteiger partial charge in [-0.15, -0.1) is 0 Å². The highest BCUT2D eigenvalue weighted by atomic mass is 16.6. The first-order chi connectivity index (χ1) is 11.7. The van der Waals surface area contributed by atoms with Gasteiger partial charge in [0.1, 0.15) is 5.60 Å². The van der Waals surface area contributed by atoms with Crippen LogP contribution in [0.4, 0.5) is 4.79 Å². The Morgan fingerprint density at radius 3 is 2.60 bits per heavy atom. The number of hydrogen-bond donors (Lipinski definition) is 1. The third kappa shape index (κ3) is 4.71. The van der Waals surface area contributed by atoms with E-state index in [0.717, 1.165) is 11.0 Å². The Hall–Kier alpha value is -2.57. The van der Waals surface area contributed by atoms with Crippen molar-refractivity contribution in [2.75, 3.05) is 6.54 Å². The molecule has 7 nitrogen and oxygen atoms in total. The number of amides is 1. The van der Waals surface area contributed by atoms with Crippen molar-refractivity contribution in [3.63, 3.8) is 0 Å². The van der Waals surface area contributed by atoms with Gasteiger partial charge in [0, 0.05) is 6.54 Å². The number of rotatable bonds is 6. The SMILES string of the molecule is CCCN(C(=O)OC(C)(C)C)C(Cn1cnc2ccccc21)C(=O)O. The third-order valence-corrected chi connectivity index (χ3v) is 3.65. The Bertz CT molecular complexity index is 748. The Kier molecular flexibility index (Phi) is 5.66. The fourth-order valence-electron chi connectivity index (χ4n) is 2.59. The summed E-state index contributed by atoms with van der Waals surface area (Å²) in [5, 5.41) is 9.71. The van der Waals surface area contributed by atoms with E-state index < -0.39 is 23.7 Å². The van der Waals surface area contributed by atoms with Crippen LogP contribution in [-0.2, 0) is 16.1 Å². The molecule has 0 radical (unpaired) electrons. The van der Waals surface area contributed by atoms with Crippen molar-refractivity contribution in [1.82, 2.24) is 14.5 Å². The number of carboxylic acid groups (broad SMARTS) is 1. The number of hydrogen-bond acceptors (Lipinski definition) is 4. The Morgan fingerprint density at radius 2 is 2.00 bits per heavy atom. The zero-order chi connectivity index (χ0) is 18.6. The topological polar surface area (TPSA) is 84.7 Å². The summed E-state index contributed by atoms with van der Waals surface area (Å²) in [6.45, 7) is 7.58. The van der Waals surface area contributed by atoms with E-state index in [2.05, 4.69) is 4.98 Å². The van der Waals surface area contributed by atoms with Gasteiger partial charge in [-0.2, -0.15) is 0 Å². The summed E-state index contributed by atoms with van der Waals surface area (Å²) in [6, 6.07) is 6.44. The molecule has 0 bridgehead atoms. The highest BCUT2D eigenvalue weighted by Crippen LogP contribution is 2.17. The van der Waals surface area contributed by atoms with Crippen LogP contribution in [0.5, 0.6) is 0 Å². The van der Waals surface area contributed by atoms with Crippen LogP contribution >= 0.6 is 0 Å². The number of benzene rings is 1. The zero-order valence-electron chi connectivity index (χ0n) is 15.1. The van der Waals surface area contributed by atoms with Crippen molar-refractivity contribution in [2.45, 2.75) is 52.3 Å². The van der Waals surface area contributed by atoms with Gasteiger partial charge in [0.05, 0.1) is 23.9 Å². The summed E-state index contributed by atoms with van der Waals surface area (Å²) in [5.41, 5.74) is 0.925. The Morgan fingerprint density at radius 1 is 1.32 bits per heavy atom. The molecule has 1 N–H and O–H groups in total. The van der Waals surface area contributed by atoms with Gasteiger partial charge in [-0.3, -0.25) is 4.90 Å². The molecular formula is C18H25N3O4. The second-order valence-electron chi connectivity index (χ2n) is 6.91. The standard InChI is InChI=1S/C18H25N3O4/c1-5-10-21(17(24)25-18(2,3)4)15(16(22)23)11-20-12-19-13-8-6-7-9-14(13)20/h6-9,12,15H,5,10-11H2,1-4H3,(H,22,23). The monoisotopic (exact) mass is 347 g/mol. The molecule has 0 saturated heterocycles. The Balaban J connectivity index is 2.30. The maximum absolute atomic E-state index is 12.5. The maximum atomic E-state index is 12.5. The number of carbonyl (C=O) groups excluding carboxylic acids is 1. The molecule has 0 saturated carbocycles. The molecule has 0 aliphatic carbocycles. The first kappa shape index (κ1) is 18.8. The van der Waals surface area contributed by atoms with E-state index in [1.165, 1.54) is 4.90 Å². The van der Waals surface area contributed by atoms with Crippen LogP contribution in [0.15, 0.2) is 30.6 Å². The molecule has 1 amide bonds. The molecule has 136 valence electrons. The largest absolute Gasteiger partial charge is 0.480 e. The lowest BCUT2D eigenvalue weighted by molar-refractivity contribution is -0.143. The van der Waals surface area contributed by atoms with E-state index in [9.17, 15) is 14.7 Å². The highest BCUT2D eigenvalue weighted by Gasteiger charge is 2.33. The van der Waals surface area contributed by atoms with Gasteiger partial charge < -0.3 is 14.4 Å². The number of aliphatic carboxylic acids is 1. The van der Waals surface area contributed by atoms with Crippen LogP contribution in [0.25, 0.3) is 11.0 Å². The highest BCUT2D eigenvalue weighted by molar-refractivity contribution is 5.81. The molecule has 0 fully saturated rings.